The molecule has 1 atom stereocenters. The minimum atomic E-state index is -0.600. The molecule has 20 heavy (non-hydrogen) atoms. The standard InChI is InChI=1S/C16H20NO3/c1-2-3-8-20-16(19)17-15(11-18)14-9-12-6-4-5-7-13(12)10-14/h4-7,14-15H,2-3,8-10H2,1H3,(H,17,19). The predicted octanol–water partition coefficient (Wildman–Crippen LogP) is 2.41. The molecule has 1 radical (unpaired) electrons. The number of rotatable bonds is 6. The molecule has 0 spiro atoms. The highest BCUT2D eigenvalue weighted by molar-refractivity contribution is 5.73. The van der Waals surface area contributed by atoms with Gasteiger partial charge in [-0.25, -0.2) is 4.79 Å². The van der Waals surface area contributed by atoms with Crippen LogP contribution in [0.5, 0.6) is 0 Å². The Labute approximate surface area is 119 Å². The van der Waals surface area contributed by atoms with E-state index >= 15 is 0 Å². The molecule has 1 unspecified atom stereocenters. The third-order valence-corrected chi connectivity index (χ3v) is 3.69. The Kier molecular flexibility index (Phi) is 5.16. The van der Waals surface area contributed by atoms with E-state index in [-0.39, 0.29) is 5.92 Å². The van der Waals surface area contributed by atoms with Gasteiger partial charge in [0.05, 0.1) is 6.61 Å². The lowest BCUT2D eigenvalue weighted by molar-refractivity contribution is 0.140. The Morgan fingerprint density at radius 2 is 2.05 bits per heavy atom. The molecule has 1 aliphatic carbocycles. The van der Waals surface area contributed by atoms with Crippen molar-refractivity contribution in [1.82, 2.24) is 5.32 Å². The largest absolute Gasteiger partial charge is 0.450 e. The summed E-state index contributed by atoms with van der Waals surface area (Å²) >= 11 is 0. The van der Waals surface area contributed by atoms with Crippen LogP contribution in [-0.2, 0) is 22.4 Å². The van der Waals surface area contributed by atoms with Crippen LogP contribution in [0.1, 0.15) is 30.9 Å². The van der Waals surface area contributed by atoms with Crippen LogP contribution in [0.3, 0.4) is 0 Å². The smallest absolute Gasteiger partial charge is 0.407 e. The molecule has 107 valence electrons. The molecule has 1 aromatic rings. The average Bonchev–Trinajstić information content (AvgIpc) is 2.88. The molecular weight excluding hydrogens is 254 g/mol. The van der Waals surface area contributed by atoms with Crippen molar-refractivity contribution >= 4 is 12.4 Å². The van der Waals surface area contributed by atoms with E-state index in [1.807, 2.05) is 25.3 Å². The summed E-state index contributed by atoms with van der Waals surface area (Å²) in [6, 6.07) is 7.52. The summed E-state index contributed by atoms with van der Waals surface area (Å²) in [5, 5.41) is 2.62. The van der Waals surface area contributed by atoms with Gasteiger partial charge < -0.3 is 10.1 Å². The Morgan fingerprint density at radius 3 is 2.60 bits per heavy atom. The molecule has 1 N–H and O–H groups in total. The molecule has 1 aromatic carbocycles. The van der Waals surface area contributed by atoms with Crippen LogP contribution in [0, 0.1) is 5.92 Å². The number of ether oxygens (including phenoxy) is 1. The van der Waals surface area contributed by atoms with Crippen molar-refractivity contribution < 1.29 is 14.3 Å². The van der Waals surface area contributed by atoms with Crippen molar-refractivity contribution in [2.45, 2.75) is 38.6 Å². The molecule has 0 fully saturated rings. The van der Waals surface area contributed by atoms with Gasteiger partial charge in [0.25, 0.3) is 0 Å². The van der Waals surface area contributed by atoms with Crippen molar-refractivity contribution in [2.24, 2.45) is 5.92 Å². The maximum Gasteiger partial charge on any atom is 0.407 e. The summed E-state index contributed by atoms with van der Waals surface area (Å²) in [5.74, 6) is 0.0728. The van der Waals surface area contributed by atoms with E-state index in [4.69, 9.17) is 4.74 Å². The Hall–Kier alpha value is -1.84. The fourth-order valence-electron chi connectivity index (χ4n) is 2.55. The molecule has 2 rings (SSSR count). The predicted molar refractivity (Wildman–Crippen MR) is 76.2 cm³/mol. The van der Waals surface area contributed by atoms with Gasteiger partial charge in [0.1, 0.15) is 6.04 Å². The van der Waals surface area contributed by atoms with Crippen molar-refractivity contribution in [3.8, 4) is 0 Å². The van der Waals surface area contributed by atoms with Crippen molar-refractivity contribution in [3.05, 3.63) is 35.4 Å². The monoisotopic (exact) mass is 274 g/mol. The summed E-state index contributed by atoms with van der Waals surface area (Å²) < 4.78 is 5.02. The van der Waals surface area contributed by atoms with Gasteiger partial charge in [-0.05, 0) is 36.3 Å². The van der Waals surface area contributed by atoms with Gasteiger partial charge >= 0.3 is 6.09 Å². The molecule has 0 saturated carbocycles. The van der Waals surface area contributed by atoms with Crippen LogP contribution >= 0.6 is 0 Å². The van der Waals surface area contributed by atoms with Crippen LogP contribution in [0.25, 0.3) is 0 Å². The number of unbranched alkanes of at least 4 members (excludes halogenated alkanes) is 1. The Morgan fingerprint density at radius 1 is 1.40 bits per heavy atom. The minimum Gasteiger partial charge on any atom is -0.450 e. The first kappa shape index (κ1) is 14.6. The lowest BCUT2D eigenvalue weighted by Crippen LogP contribution is -2.42. The zero-order valence-corrected chi connectivity index (χ0v) is 11.7. The van der Waals surface area contributed by atoms with Crippen molar-refractivity contribution in [2.75, 3.05) is 6.61 Å². The van der Waals surface area contributed by atoms with E-state index in [0.29, 0.717) is 6.61 Å². The second-order valence-electron chi connectivity index (χ2n) is 5.17. The summed E-state index contributed by atoms with van der Waals surface area (Å²) in [5.41, 5.74) is 2.50. The van der Waals surface area contributed by atoms with Gasteiger partial charge in [-0.1, -0.05) is 37.6 Å². The van der Waals surface area contributed by atoms with Crippen LogP contribution in [0.15, 0.2) is 24.3 Å². The number of carbonyl (C=O) groups excluding carboxylic acids is 2. The number of nitrogens with one attached hydrogen (secondary N) is 1. The van der Waals surface area contributed by atoms with Crippen LogP contribution in [0.4, 0.5) is 4.79 Å². The van der Waals surface area contributed by atoms with Crippen LogP contribution < -0.4 is 5.32 Å². The molecule has 0 heterocycles. The van der Waals surface area contributed by atoms with E-state index in [0.717, 1.165) is 25.7 Å². The molecule has 1 amide bonds. The van der Waals surface area contributed by atoms with E-state index in [2.05, 4.69) is 17.4 Å². The van der Waals surface area contributed by atoms with Gasteiger partial charge in [-0.2, -0.15) is 0 Å². The maximum absolute atomic E-state index is 11.6. The van der Waals surface area contributed by atoms with Gasteiger partial charge in [-0.15, -0.1) is 0 Å². The third kappa shape index (κ3) is 3.59. The van der Waals surface area contributed by atoms with Gasteiger partial charge in [0.15, 0.2) is 0 Å². The van der Waals surface area contributed by atoms with Crippen LogP contribution in [-0.4, -0.2) is 25.0 Å². The molecule has 0 bridgehead atoms. The first-order chi connectivity index (χ1) is 9.74. The van der Waals surface area contributed by atoms with Crippen molar-refractivity contribution in [3.63, 3.8) is 0 Å². The summed E-state index contributed by atoms with van der Waals surface area (Å²) in [7, 11) is 0. The van der Waals surface area contributed by atoms with Gasteiger partial charge in [-0.3, -0.25) is 4.79 Å². The number of benzene rings is 1. The normalized spacial score (nSPS) is 15.4. The Bertz CT molecular complexity index is 448. The topological polar surface area (TPSA) is 55.4 Å². The average molecular weight is 274 g/mol. The molecular formula is C16H20NO3. The molecule has 0 aromatic heterocycles. The maximum atomic E-state index is 11.6. The minimum absolute atomic E-state index is 0.0728. The first-order valence-electron chi connectivity index (χ1n) is 7.12. The first-order valence-corrected chi connectivity index (χ1v) is 7.12. The van der Waals surface area contributed by atoms with Crippen LogP contribution in [0.2, 0.25) is 0 Å². The van der Waals surface area contributed by atoms with Gasteiger partial charge in [0.2, 0.25) is 6.29 Å². The quantitative estimate of drug-likeness (QED) is 0.810. The van der Waals surface area contributed by atoms with E-state index in [1.54, 1.807) is 0 Å². The van der Waals surface area contributed by atoms with E-state index in [1.165, 1.54) is 11.1 Å². The fourth-order valence-corrected chi connectivity index (χ4v) is 2.55. The SMILES string of the molecule is CCCCOC(=O)NC([C]=O)C1Cc2ccccc2C1. The zero-order valence-electron chi connectivity index (χ0n) is 11.7. The number of carbonyl (C=O) groups is 1. The number of hydrogen-bond acceptors (Lipinski definition) is 3. The number of alkyl carbamates (subject to hydrolysis) is 1. The van der Waals surface area contributed by atoms with E-state index in [9.17, 15) is 9.59 Å². The second kappa shape index (κ2) is 7.08. The number of amides is 1. The highest BCUT2D eigenvalue weighted by Crippen LogP contribution is 2.28. The third-order valence-electron chi connectivity index (χ3n) is 3.69. The molecule has 0 aliphatic heterocycles. The van der Waals surface area contributed by atoms with Crippen molar-refractivity contribution in [1.29, 1.82) is 0 Å². The molecule has 1 aliphatic rings. The molecule has 4 nitrogen and oxygen atoms in total. The zero-order chi connectivity index (χ0) is 14.4. The lowest BCUT2D eigenvalue weighted by Gasteiger charge is -2.18. The number of fused-ring (bicyclic) bond motifs is 1. The second-order valence-corrected chi connectivity index (χ2v) is 5.17. The summed E-state index contributed by atoms with van der Waals surface area (Å²) in [6.45, 7) is 2.41. The fraction of sp³-hybridized carbons (Fsp3) is 0.500. The van der Waals surface area contributed by atoms with E-state index < -0.39 is 12.1 Å². The Balaban J connectivity index is 1.87. The summed E-state index contributed by atoms with van der Waals surface area (Å²) in [4.78, 5) is 22.7. The van der Waals surface area contributed by atoms with Gasteiger partial charge in [0, 0.05) is 0 Å². The summed E-state index contributed by atoms with van der Waals surface area (Å²) in [6.07, 6.45) is 4.80. The molecule has 0 saturated heterocycles. The lowest BCUT2D eigenvalue weighted by atomic mass is 9.98. The highest BCUT2D eigenvalue weighted by atomic mass is 16.5. The highest BCUT2D eigenvalue weighted by Gasteiger charge is 2.30. The number of hydrogen-bond donors (Lipinski definition) is 1. The molecule has 4 heteroatoms.